The second kappa shape index (κ2) is 36.7. The number of carbonyl (C=O) groups is 2. The molecule has 0 aliphatic carbocycles. The maximum atomic E-state index is 11.5. The summed E-state index contributed by atoms with van der Waals surface area (Å²) in [5, 5.41) is 8.70. The molecule has 49 heavy (non-hydrogen) atoms. The number of hydrogen-bond donors (Lipinski definition) is 0. The molecule has 276 valence electrons. The Hall–Kier alpha value is -4.12. The Morgan fingerprint density at radius 1 is 0.898 bits per heavy atom. The number of benzene rings is 2. The Kier molecular flexibility index (Phi) is 40.7. The van der Waals surface area contributed by atoms with Crippen LogP contribution in [0.15, 0.2) is 69.7 Å². The minimum atomic E-state index is -4.46. The molecule has 0 saturated carbocycles. The van der Waals surface area contributed by atoms with Gasteiger partial charge in [0, 0.05) is 12.6 Å². The van der Waals surface area contributed by atoms with Crippen molar-refractivity contribution in [2.75, 3.05) is 7.05 Å². The summed E-state index contributed by atoms with van der Waals surface area (Å²) in [5.74, 6) is -1.18. The van der Waals surface area contributed by atoms with Crippen LogP contribution in [0, 0.1) is 25.2 Å². The molecule has 0 saturated heterocycles. The topological polar surface area (TPSA) is 82.7 Å². The summed E-state index contributed by atoms with van der Waals surface area (Å²) in [4.78, 5) is 27.7. The fourth-order valence-corrected chi connectivity index (χ4v) is 3.51. The average Bonchev–Trinajstić information content (AvgIpc) is 3.09. The maximum Gasteiger partial charge on any atom is 0.451 e. The molecule has 2 rings (SSSR count). The Morgan fingerprint density at radius 2 is 1.37 bits per heavy atom. The predicted molar refractivity (Wildman–Crippen MR) is 208 cm³/mol. The number of carbonyl (C=O) groups excluding carboxylic acids is 2. The number of aliphatic imine (C=N–C) groups is 2. The van der Waals surface area contributed by atoms with Crippen LogP contribution in [-0.4, -0.2) is 37.8 Å². The SMILES string of the molecule is C=NC(=NC)C(F)(F)F.CC.CC.CC.CC(=O)c1cc(C#N)cc(C)c1C.CCC.CCCC(=C/c1ccccc1)/C=C(/C=O)CCC. The normalized spacial score (nSPS) is 10.3. The van der Waals surface area contributed by atoms with Crippen LogP contribution in [-0.2, 0) is 4.79 Å². The molecule has 0 atom stereocenters. The smallest absolute Gasteiger partial charge is 0.298 e. The predicted octanol–water partition coefficient (Wildman–Crippen LogP) is 12.9. The third kappa shape index (κ3) is 28.6. The van der Waals surface area contributed by atoms with E-state index in [4.69, 9.17) is 5.26 Å². The van der Waals surface area contributed by atoms with Gasteiger partial charge in [-0.25, -0.2) is 4.99 Å². The van der Waals surface area contributed by atoms with Gasteiger partial charge in [-0.05, 0) is 80.3 Å². The molecule has 2 aromatic carbocycles. The lowest BCUT2D eigenvalue weighted by Crippen LogP contribution is -2.20. The molecule has 0 amide bonds. The van der Waals surface area contributed by atoms with Crippen LogP contribution in [0.25, 0.3) is 6.08 Å². The summed E-state index contributed by atoms with van der Waals surface area (Å²) < 4.78 is 34.4. The van der Waals surface area contributed by atoms with Crippen molar-refractivity contribution in [3.05, 3.63) is 87.5 Å². The monoisotopic (exact) mass is 687 g/mol. The molecule has 5 nitrogen and oxygen atoms in total. The molecule has 2 aromatic rings. The Bertz CT molecular complexity index is 1270. The number of alkyl halides is 3. The van der Waals surface area contributed by atoms with Crippen molar-refractivity contribution < 1.29 is 22.8 Å². The lowest BCUT2D eigenvalue weighted by Gasteiger charge is -2.05. The highest BCUT2D eigenvalue weighted by Crippen LogP contribution is 2.18. The molecular formula is C41H64F3N3O2. The lowest BCUT2D eigenvalue weighted by atomic mass is 9.98. The van der Waals surface area contributed by atoms with E-state index in [1.165, 1.54) is 24.5 Å². The summed E-state index contributed by atoms with van der Waals surface area (Å²) in [5.41, 5.74) is 6.48. The Balaban J connectivity index is -0.000000183. The molecular weight excluding hydrogens is 623 g/mol. The average molecular weight is 688 g/mol. The first-order chi connectivity index (χ1) is 23.3. The van der Waals surface area contributed by atoms with Gasteiger partial charge in [0.05, 0.1) is 11.6 Å². The lowest BCUT2D eigenvalue weighted by molar-refractivity contribution is -0.105. The molecule has 0 N–H and O–H groups in total. The second-order valence-corrected chi connectivity index (χ2v) is 9.51. The number of rotatable bonds is 8. The van der Waals surface area contributed by atoms with E-state index < -0.39 is 12.0 Å². The Morgan fingerprint density at radius 3 is 1.69 bits per heavy atom. The van der Waals surface area contributed by atoms with Gasteiger partial charge >= 0.3 is 6.18 Å². The number of halogens is 3. The number of aldehydes is 1. The highest BCUT2D eigenvalue weighted by molar-refractivity contribution is 5.96. The molecule has 0 bridgehead atoms. The van der Waals surface area contributed by atoms with Crippen molar-refractivity contribution in [3.63, 3.8) is 0 Å². The van der Waals surface area contributed by atoms with Crippen molar-refractivity contribution >= 4 is 30.7 Å². The second-order valence-electron chi connectivity index (χ2n) is 9.51. The molecule has 0 aliphatic heterocycles. The van der Waals surface area contributed by atoms with Crippen LogP contribution in [0.2, 0.25) is 0 Å². The van der Waals surface area contributed by atoms with Gasteiger partial charge in [-0.1, -0.05) is 131 Å². The minimum Gasteiger partial charge on any atom is -0.298 e. The first kappa shape index (κ1) is 54.3. The fraction of sp³-hybridized carbons (Fsp3) is 0.488. The van der Waals surface area contributed by atoms with Crippen molar-refractivity contribution in [3.8, 4) is 6.07 Å². The van der Waals surface area contributed by atoms with E-state index in [0.717, 1.165) is 55.7 Å². The van der Waals surface area contributed by atoms with Gasteiger partial charge in [0.25, 0.3) is 0 Å². The summed E-state index contributed by atoms with van der Waals surface area (Å²) in [7, 11) is 1.01. The van der Waals surface area contributed by atoms with Crippen molar-refractivity contribution in [2.45, 2.75) is 128 Å². The summed E-state index contributed by atoms with van der Waals surface area (Å²) in [6.45, 7) is 28.5. The van der Waals surface area contributed by atoms with Crippen LogP contribution in [0.1, 0.15) is 141 Å². The molecule has 8 heteroatoms. The van der Waals surface area contributed by atoms with E-state index in [0.29, 0.717) is 11.1 Å². The van der Waals surface area contributed by atoms with Crippen LogP contribution in [0.3, 0.4) is 0 Å². The largest absolute Gasteiger partial charge is 0.451 e. The van der Waals surface area contributed by atoms with Gasteiger partial charge in [-0.15, -0.1) is 0 Å². The van der Waals surface area contributed by atoms with E-state index in [9.17, 15) is 22.8 Å². The minimum absolute atomic E-state index is 0.0118. The highest BCUT2D eigenvalue weighted by atomic mass is 19.4. The van der Waals surface area contributed by atoms with Gasteiger partial charge in [-0.2, -0.15) is 18.4 Å². The number of hydrogen-bond acceptors (Lipinski definition) is 4. The van der Waals surface area contributed by atoms with Gasteiger partial charge in [0.1, 0.15) is 6.29 Å². The number of Topliss-reactive ketones (excluding diaryl/α,β-unsaturated/α-hetero) is 1. The highest BCUT2D eigenvalue weighted by Gasteiger charge is 2.34. The molecule has 0 heterocycles. The summed E-state index contributed by atoms with van der Waals surface area (Å²) in [6, 6.07) is 15.7. The van der Waals surface area contributed by atoms with Crippen LogP contribution in [0.4, 0.5) is 13.2 Å². The van der Waals surface area contributed by atoms with Crippen LogP contribution in [0.5, 0.6) is 0 Å². The standard InChI is InChI=1S/C17H22O.C11H11NO.C4H5F3N2.C3H8.3C2H6/c1-3-8-16(13-17(14-18)9-4-2)12-15-10-6-5-7-11-15;1-7-4-10(6-12)5-11(8(7)2)9(3)13;1-8-3(9-2)4(5,6)7;1-3-2;3*1-2/h5-7,10-14H,3-4,8-9H2,1-2H3;4-5H,1-3H3;1H2,2H3;3H2,1-2H3;3*1-2H3/b16-12-,17-13+;;;;;;. The zero-order valence-corrected chi connectivity index (χ0v) is 32.8. The molecule has 0 aromatic heterocycles. The van der Waals surface area contributed by atoms with Gasteiger partial charge in [0.2, 0.25) is 5.84 Å². The number of ketones is 1. The van der Waals surface area contributed by atoms with Crippen molar-refractivity contribution in [2.24, 2.45) is 9.98 Å². The van der Waals surface area contributed by atoms with Gasteiger partial charge in [-0.3, -0.25) is 14.6 Å². The van der Waals surface area contributed by atoms with Crippen molar-refractivity contribution in [1.29, 1.82) is 5.26 Å². The zero-order valence-electron chi connectivity index (χ0n) is 32.8. The number of allylic oxidation sites excluding steroid dienone is 3. The molecule has 0 aliphatic rings. The van der Waals surface area contributed by atoms with Gasteiger partial charge < -0.3 is 0 Å². The summed E-state index contributed by atoms with van der Waals surface area (Å²) in [6.07, 6.45) is 5.96. The summed E-state index contributed by atoms with van der Waals surface area (Å²) >= 11 is 0. The quantitative estimate of drug-likeness (QED) is 0.0691. The fourth-order valence-electron chi connectivity index (χ4n) is 3.51. The third-order valence-corrected chi connectivity index (χ3v) is 5.54. The van der Waals surface area contributed by atoms with Gasteiger partial charge in [0.15, 0.2) is 5.78 Å². The number of nitrogens with zero attached hydrogens (tertiary/aromatic N) is 3. The van der Waals surface area contributed by atoms with Crippen LogP contribution < -0.4 is 0 Å². The zero-order chi connectivity index (χ0) is 39.4. The first-order valence-electron chi connectivity index (χ1n) is 17.2. The van der Waals surface area contributed by atoms with E-state index in [-0.39, 0.29) is 5.78 Å². The van der Waals surface area contributed by atoms with E-state index in [1.54, 1.807) is 12.1 Å². The molecule has 0 radical (unpaired) electrons. The van der Waals surface area contributed by atoms with E-state index in [2.05, 4.69) is 62.6 Å². The number of aryl methyl sites for hydroxylation is 1. The molecule has 0 spiro atoms. The third-order valence-electron chi connectivity index (χ3n) is 5.54. The van der Waals surface area contributed by atoms with Crippen molar-refractivity contribution in [1.82, 2.24) is 0 Å². The molecule has 0 fully saturated rings. The maximum absolute atomic E-state index is 11.5. The van der Waals surface area contributed by atoms with E-state index >= 15 is 0 Å². The number of nitriles is 1. The Labute approximate surface area is 297 Å². The molecule has 0 unspecified atom stereocenters. The van der Waals surface area contributed by atoms with E-state index in [1.807, 2.05) is 85.7 Å². The number of amidine groups is 1. The van der Waals surface area contributed by atoms with Crippen LogP contribution >= 0.6 is 0 Å². The first-order valence-corrected chi connectivity index (χ1v) is 17.2.